The van der Waals surface area contributed by atoms with Crippen LogP contribution in [0.1, 0.15) is 11.1 Å². The Morgan fingerprint density at radius 2 is 1.74 bits per heavy atom. The minimum atomic E-state index is -0.111. The highest BCUT2D eigenvalue weighted by molar-refractivity contribution is 6.30. The van der Waals surface area contributed by atoms with Crippen LogP contribution in [0.2, 0.25) is 5.02 Å². The van der Waals surface area contributed by atoms with Crippen LogP contribution in [0, 0.1) is 0 Å². The molecular weight excluding hydrogens is 310 g/mol. The molecule has 0 heterocycles. The lowest BCUT2D eigenvalue weighted by Gasteiger charge is -2.19. The van der Waals surface area contributed by atoms with Crippen molar-refractivity contribution in [1.82, 2.24) is 10.2 Å². The highest BCUT2D eigenvalue weighted by Gasteiger charge is 2.09. The molecule has 5 heteroatoms. The van der Waals surface area contributed by atoms with Crippen LogP contribution in [-0.2, 0) is 13.1 Å². The Morgan fingerprint density at radius 3 is 2.43 bits per heavy atom. The van der Waals surface area contributed by atoms with Gasteiger partial charge in [0.25, 0.3) is 0 Å². The number of amides is 2. The zero-order valence-corrected chi connectivity index (χ0v) is 14.5. The standard InChI is InChI=1S/C18H22ClN3O/c1-21(2)17-9-5-6-14(11-17)12-20-18(23)22(3)13-15-7-4-8-16(19)10-15/h4-11H,12-13H2,1-3H3,(H,20,23). The van der Waals surface area contributed by atoms with E-state index >= 15 is 0 Å². The summed E-state index contributed by atoms with van der Waals surface area (Å²) >= 11 is 5.97. The molecule has 0 fully saturated rings. The molecule has 0 aliphatic carbocycles. The van der Waals surface area contributed by atoms with Crippen molar-refractivity contribution in [2.45, 2.75) is 13.1 Å². The van der Waals surface area contributed by atoms with E-state index in [1.807, 2.05) is 61.5 Å². The molecule has 0 aliphatic heterocycles. The molecule has 2 aromatic carbocycles. The van der Waals surface area contributed by atoms with Crippen LogP contribution in [-0.4, -0.2) is 32.1 Å². The summed E-state index contributed by atoms with van der Waals surface area (Å²) in [5, 5.41) is 3.61. The Bertz CT molecular complexity index is 673. The van der Waals surface area contributed by atoms with E-state index in [-0.39, 0.29) is 6.03 Å². The molecule has 2 aromatic rings. The normalized spacial score (nSPS) is 10.3. The zero-order valence-electron chi connectivity index (χ0n) is 13.7. The minimum Gasteiger partial charge on any atom is -0.378 e. The van der Waals surface area contributed by atoms with Gasteiger partial charge in [-0.3, -0.25) is 0 Å². The van der Waals surface area contributed by atoms with Crippen LogP contribution in [0.25, 0.3) is 0 Å². The van der Waals surface area contributed by atoms with E-state index in [4.69, 9.17) is 11.6 Å². The third-order valence-corrected chi connectivity index (χ3v) is 3.76. The summed E-state index contributed by atoms with van der Waals surface area (Å²) in [5.41, 5.74) is 3.19. The Hall–Kier alpha value is -2.20. The molecular formula is C18H22ClN3O. The fourth-order valence-electron chi connectivity index (χ4n) is 2.24. The predicted octanol–water partition coefficient (Wildman–Crippen LogP) is 3.75. The average molecular weight is 332 g/mol. The van der Waals surface area contributed by atoms with Gasteiger partial charge in [-0.15, -0.1) is 0 Å². The first-order valence-corrected chi connectivity index (χ1v) is 7.83. The highest BCUT2D eigenvalue weighted by atomic mass is 35.5. The Balaban J connectivity index is 1.90. The molecule has 0 atom stereocenters. The first-order chi connectivity index (χ1) is 11.0. The lowest BCUT2D eigenvalue weighted by atomic mass is 10.2. The van der Waals surface area contributed by atoms with Gasteiger partial charge in [0.15, 0.2) is 0 Å². The van der Waals surface area contributed by atoms with Crippen molar-refractivity contribution in [2.75, 3.05) is 26.0 Å². The second-order valence-electron chi connectivity index (χ2n) is 5.71. The number of hydrogen-bond acceptors (Lipinski definition) is 2. The maximum atomic E-state index is 12.2. The van der Waals surface area contributed by atoms with Gasteiger partial charge in [-0.2, -0.15) is 0 Å². The number of hydrogen-bond donors (Lipinski definition) is 1. The zero-order chi connectivity index (χ0) is 16.8. The van der Waals surface area contributed by atoms with Crippen LogP contribution in [0.5, 0.6) is 0 Å². The van der Waals surface area contributed by atoms with E-state index in [9.17, 15) is 4.79 Å². The van der Waals surface area contributed by atoms with Crippen molar-refractivity contribution in [3.05, 3.63) is 64.7 Å². The summed E-state index contributed by atoms with van der Waals surface area (Å²) in [6.45, 7) is 1.02. The number of carbonyl (C=O) groups is 1. The lowest BCUT2D eigenvalue weighted by molar-refractivity contribution is 0.206. The smallest absolute Gasteiger partial charge is 0.317 e. The molecule has 0 saturated carbocycles. The first-order valence-electron chi connectivity index (χ1n) is 7.45. The van der Waals surface area contributed by atoms with E-state index in [1.54, 1.807) is 11.9 Å². The van der Waals surface area contributed by atoms with Gasteiger partial charge in [0.2, 0.25) is 0 Å². The van der Waals surface area contributed by atoms with Crippen molar-refractivity contribution in [1.29, 1.82) is 0 Å². The van der Waals surface area contributed by atoms with E-state index < -0.39 is 0 Å². The molecule has 0 saturated heterocycles. The topological polar surface area (TPSA) is 35.6 Å². The molecule has 2 amide bonds. The van der Waals surface area contributed by atoms with Crippen molar-refractivity contribution < 1.29 is 4.79 Å². The largest absolute Gasteiger partial charge is 0.378 e. The van der Waals surface area contributed by atoms with Crippen molar-refractivity contribution >= 4 is 23.3 Å². The van der Waals surface area contributed by atoms with Crippen LogP contribution >= 0.6 is 11.6 Å². The van der Waals surface area contributed by atoms with Gasteiger partial charge >= 0.3 is 6.03 Å². The summed E-state index contributed by atoms with van der Waals surface area (Å²) in [5.74, 6) is 0. The quantitative estimate of drug-likeness (QED) is 0.905. The van der Waals surface area contributed by atoms with E-state index in [0.29, 0.717) is 18.1 Å². The summed E-state index contributed by atoms with van der Waals surface area (Å²) in [6, 6.07) is 15.5. The monoisotopic (exact) mass is 331 g/mol. The maximum Gasteiger partial charge on any atom is 0.317 e. The van der Waals surface area contributed by atoms with E-state index in [1.165, 1.54) is 0 Å². The summed E-state index contributed by atoms with van der Waals surface area (Å²) in [4.78, 5) is 15.9. The number of benzene rings is 2. The third kappa shape index (κ3) is 5.18. The molecule has 1 N–H and O–H groups in total. The molecule has 0 spiro atoms. The molecule has 0 aromatic heterocycles. The van der Waals surface area contributed by atoms with Gasteiger partial charge in [0, 0.05) is 44.9 Å². The molecule has 0 radical (unpaired) electrons. The molecule has 122 valence electrons. The number of halogens is 1. The van der Waals surface area contributed by atoms with Gasteiger partial charge in [-0.05, 0) is 35.4 Å². The number of urea groups is 1. The van der Waals surface area contributed by atoms with Crippen molar-refractivity contribution in [2.24, 2.45) is 0 Å². The van der Waals surface area contributed by atoms with Gasteiger partial charge in [0.05, 0.1) is 0 Å². The highest BCUT2D eigenvalue weighted by Crippen LogP contribution is 2.14. The fraction of sp³-hybridized carbons (Fsp3) is 0.278. The molecule has 0 aliphatic rings. The second-order valence-corrected chi connectivity index (χ2v) is 6.15. The Morgan fingerprint density at radius 1 is 1.04 bits per heavy atom. The number of nitrogens with zero attached hydrogens (tertiary/aromatic N) is 2. The maximum absolute atomic E-state index is 12.2. The SMILES string of the molecule is CN(Cc1cccc(Cl)c1)C(=O)NCc1cccc(N(C)C)c1. The van der Waals surface area contributed by atoms with Crippen LogP contribution in [0.15, 0.2) is 48.5 Å². The Labute approximate surface area is 142 Å². The lowest BCUT2D eigenvalue weighted by Crippen LogP contribution is -2.36. The number of rotatable bonds is 5. The predicted molar refractivity (Wildman–Crippen MR) is 95.9 cm³/mol. The van der Waals surface area contributed by atoms with E-state index in [2.05, 4.69) is 11.4 Å². The number of carbonyl (C=O) groups excluding carboxylic acids is 1. The van der Waals surface area contributed by atoms with Gasteiger partial charge in [0.1, 0.15) is 0 Å². The molecule has 0 unspecified atom stereocenters. The van der Waals surface area contributed by atoms with Gasteiger partial charge in [-0.25, -0.2) is 4.79 Å². The van der Waals surface area contributed by atoms with Crippen molar-refractivity contribution in [3.8, 4) is 0 Å². The van der Waals surface area contributed by atoms with Crippen LogP contribution < -0.4 is 10.2 Å². The summed E-state index contributed by atoms with van der Waals surface area (Å²) in [7, 11) is 5.76. The Kier molecular flexibility index (Phi) is 5.88. The third-order valence-electron chi connectivity index (χ3n) is 3.53. The minimum absolute atomic E-state index is 0.111. The van der Waals surface area contributed by atoms with Crippen LogP contribution in [0.3, 0.4) is 0 Å². The molecule has 2 rings (SSSR count). The van der Waals surface area contributed by atoms with Gasteiger partial charge < -0.3 is 15.1 Å². The number of anilines is 1. The molecule has 23 heavy (non-hydrogen) atoms. The van der Waals surface area contributed by atoms with E-state index in [0.717, 1.165) is 16.8 Å². The van der Waals surface area contributed by atoms with Crippen LogP contribution in [0.4, 0.5) is 10.5 Å². The second kappa shape index (κ2) is 7.88. The summed E-state index contributed by atoms with van der Waals surface area (Å²) in [6.07, 6.45) is 0. The molecule has 0 bridgehead atoms. The number of nitrogens with one attached hydrogen (secondary N) is 1. The average Bonchev–Trinajstić information content (AvgIpc) is 2.52. The van der Waals surface area contributed by atoms with Gasteiger partial charge in [-0.1, -0.05) is 35.9 Å². The first kappa shape index (κ1) is 17.2. The fourth-order valence-corrected chi connectivity index (χ4v) is 2.45. The van der Waals surface area contributed by atoms with Crippen molar-refractivity contribution in [3.63, 3.8) is 0 Å². The summed E-state index contributed by atoms with van der Waals surface area (Å²) < 4.78 is 0. The molecule has 4 nitrogen and oxygen atoms in total.